The molecule has 1 aliphatic rings. The smallest absolute Gasteiger partial charge is 0.253 e. The number of carbonyl (C=O) groups is 1. The zero-order valence-electron chi connectivity index (χ0n) is 16.6. The first-order valence-corrected chi connectivity index (χ1v) is 9.91. The molecule has 28 heavy (non-hydrogen) atoms. The summed E-state index contributed by atoms with van der Waals surface area (Å²) in [4.78, 5) is 26.6. The van der Waals surface area contributed by atoms with Crippen LogP contribution in [0.5, 0.6) is 0 Å². The number of benzene rings is 2. The van der Waals surface area contributed by atoms with Gasteiger partial charge in [-0.25, -0.2) is 9.97 Å². The molecule has 2 heterocycles. The van der Waals surface area contributed by atoms with Crippen LogP contribution in [-0.4, -0.2) is 51.9 Å². The number of para-hydroxylation sites is 1. The van der Waals surface area contributed by atoms with E-state index in [0.29, 0.717) is 0 Å². The monoisotopic (exact) mass is 374 g/mol. The summed E-state index contributed by atoms with van der Waals surface area (Å²) in [5.41, 5.74) is 3.91. The van der Waals surface area contributed by atoms with Crippen LogP contribution in [0.4, 0.5) is 0 Å². The molecule has 0 N–H and O–H groups in total. The van der Waals surface area contributed by atoms with Crippen molar-refractivity contribution in [2.45, 2.75) is 26.8 Å². The number of rotatable bonds is 3. The molecular formula is C23H26N4O. The Bertz CT molecular complexity index is 1000. The molecule has 0 spiro atoms. The highest BCUT2D eigenvalue weighted by Gasteiger charge is 2.21. The van der Waals surface area contributed by atoms with Gasteiger partial charge in [-0.2, -0.15) is 0 Å². The number of aromatic nitrogens is 2. The van der Waals surface area contributed by atoms with E-state index >= 15 is 0 Å². The van der Waals surface area contributed by atoms with E-state index in [1.165, 1.54) is 0 Å². The van der Waals surface area contributed by atoms with Crippen LogP contribution in [-0.2, 0) is 6.54 Å². The topological polar surface area (TPSA) is 49.3 Å². The van der Waals surface area contributed by atoms with Crippen molar-refractivity contribution in [2.75, 3.05) is 26.2 Å². The Labute approximate surface area is 166 Å². The van der Waals surface area contributed by atoms with Crippen LogP contribution in [0.15, 0.2) is 48.5 Å². The zero-order chi connectivity index (χ0) is 19.5. The van der Waals surface area contributed by atoms with Gasteiger partial charge in [0, 0.05) is 42.8 Å². The highest BCUT2D eigenvalue weighted by Crippen LogP contribution is 2.16. The SMILES string of the molecule is Cc1cccc(C(=O)N2CCCN(Cc3nc(C)c4ccccc4n3)CC2)c1. The summed E-state index contributed by atoms with van der Waals surface area (Å²) < 4.78 is 0. The Balaban J connectivity index is 1.44. The molecular weight excluding hydrogens is 348 g/mol. The fraction of sp³-hybridized carbons (Fsp3) is 0.348. The van der Waals surface area contributed by atoms with Crippen molar-refractivity contribution in [3.63, 3.8) is 0 Å². The number of nitrogens with zero attached hydrogens (tertiary/aromatic N) is 4. The van der Waals surface area contributed by atoms with E-state index in [2.05, 4.69) is 11.0 Å². The number of aryl methyl sites for hydroxylation is 2. The van der Waals surface area contributed by atoms with Crippen LogP contribution in [0.2, 0.25) is 0 Å². The Kier molecular flexibility index (Phi) is 5.35. The van der Waals surface area contributed by atoms with E-state index in [-0.39, 0.29) is 5.91 Å². The van der Waals surface area contributed by atoms with Crippen molar-refractivity contribution in [1.82, 2.24) is 19.8 Å². The van der Waals surface area contributed by atoms with Gasteiger partial charge < -0.3 is 4.90 Å². The first-order valence-electron chi connectivity index (χ1n) is 9.91. The second kappa shape index (κ2) is 8.07. The summed E-state index contributed by atoms with van der Waals surface area (Å²) in [6, 6.07) is 16.0. The lowest BCUT2D eigenvalue weighted by atomic mass is 10.1. The van der Waals surface area contributed by atoms with Crippen molar-refractivity contribution >= 4 is 16.8 Å². The zero-order valence-corrected chi connectivity index (χ0v) is 16.6. The quantitative estimate of drug-likeness (QED) is 0.703. The molecule has 3 aromatic rings. The summed E-state index contributed by atoms with van der Waals surface area (Å²) in [5.74, 6) is 0.984. The van der Waals surface area contributed by atoms with Gasteiger partial charge in [0.05, 0.1) is 12.1 Å². The standard InChI is InChI=1S/C23H26N4O/c1-17-7-5-8-19(15-17)23(28)27-12-6-11-26(13-14-27)16-22-24-18(2)20-9-3-4-10-21(20)25-22/h3-5,7-10,15H,6,11-14,16H2,1-2H3. The van der Waals surface area contributed by atoms with Crippen molar-refractivity contribution in [3.8, 4) is 0 Å². The molecule has 1 saturated heterocycles. The van der Waals surface area contributed by atoms with Gasteiger partial charge >= 0.3 is 0 Å². The summed E-state index contributed by atoms with van der Waals surface area (Å²) >= 11 is 0. The third-order valence-corrected chi connectivity index (χ3v) is 5.35. The lowest BCUT2D eigenvalue weighted by molar-refractivity contribution is 0.0761. The van der Waals surface area contributed by atoms with Gasteiger partial charge in [0.2, 0.25) is 0 Å². The number of hydrogen-bond donors (Lipinski definition) is 0. The average molecular weight is 374 g/mol. The van der Waals surface area contributed by atoms with Gasteiger partial charge in [0.15, 0.2) is 0 Å². The maximum atomic E-state index is 12.8. The number of amides is 1. The third kappa shape index (κ3) is 4.04. The van der Waals surface area contributed by atoms with E-state index in [1.54, 1.807) is 0 Å². The predicted octanol–water partition coefficient (Wildman–Crippen LogP) is 3.59. The molecule has 1 amide bonds. The normalized spacial score (nSPS) is 15.6. The molecule has 0 saturated carbocycles. The van der Waals surface area contributed by atoms with E-state index in [1.807, 2.05) is 61.2 Å². The van der Waals surface area contributed by atoms with Crippen molar-refractivity contribution in [1.29, 1.82) is 0 Å². The predicted molar refractivity (Wildman–Crippen MR) is 111 cm³/mol. The molecule has 144 valence electrons. The molecule has 4 rings (SSSR count). The fourth-order valence-electron chi connectivity index (χ4n) is 3.86. The average Bonchev–Trinajstić information content (AvgIpc) is 2.93. The minimum atomic E-state index is 0.128. The van der Waals surface area contributed by atoms with Crippen molar-refractivity contribution < 1.29 is 4.79 Å². The van der Waals surface area contributed by atoms with Gasteiger partial charge in [-0.15, -0.1) is 0 Å². The van der Waals surface area contributed by atoms with Crippen LogP contribution in [0.3, 0.4) is 0 Å². The summed E-state index contributed by atoms with van der Waals surface area (Å²) in [6.07, 6.45) is 0.962. The van der Waals surface area contributed by atoms with E-state index in [9.17, 15) is 4.79 Å². The minimum absolute atomic E-state index is 0.128. The third-order valence-electron chi connectivity index (χ3n) is 5.35. The minimum Gasteiger partial charge on any atom is -0.337 e. The number of fused-ring (bicyclic) bond motifs is 1. The van der Waals surface area contributed by atoms with Gasteiger partial charge in [-0.05, 0) is 38.5 Å². The lowest BCUT2D eigenvalue weighted by Gasteiger charge is -2.22. The molecule has 1 aromatic heterocycles. The molecule has 2 aromatic carbocycles. The Hall–Kier alpha value is -2.79. The molecule has 5 nitrogen and oxygen atoms in total. The Morgan fingerprint density at radius 3 is 2.68 bits per heavy atom. The molecule has 0 unspecified atom stereocenters. The van der Waals surface area contributed by atoms with Crippen molar-refractivity contribution in [2.24, 2.45) is 0 Å². The summed E-state index contributed by atoms with van der Waals surface area (Å²) in [5, 5.41) is 1.11. The van der Waals surface area contributed by atoms with Crippen LogP contribution >= 0.6 is 0 Å². The van der Waals surface area contributed by atoms with Crippen LogP contribution < -0.4 is 0 Å². The molecule has 0 bridgehead atoms. The van der Waals surface area contributed by atoms with Crippen LogP contribution in [0, 0.1) is 13.8 Å². The largest absolute Gasteiger partial charge is 0.337 e. The molecule has 0 radical (unpaired) electrons. The fourth-order valence-corrected chi connectivity index (χ4v) is 3.86. The molecule has 1 aliphatic heterocycles. The van der Waals surface area contributed by atoms with E-state index < -0.39 is 0 Å². The van der Waals surface area contributed by atoms with Crippen LogP contribution in [0.25, 0.3) is 10.9 Å². The van der Waals surface area contributed by atoms with E-state index in [0.717, 1.165) is 72.7 Å². The highest BCUT2D eigenvalue weighted by atomic mass is 16.2. The molecule has 5 heteroatoms. The van der Waals surface area contributed by atoms with Gasteiger partial charge in [0.25, 0.3) is 5.91 Å². The Morgan fingerprint density at radius 1 is 0.964 bits per heavy atom. The van der Waals surface area contributed by atoms with Gasteiger partial charge in [0.1, 0.15) is 5.82 Å². The van der Waals surface area contributed by atoms with Crippen LogP contribution in [0.1, 0.15) is 33.9 Å². The Morgan fingerprint density at radius 2 is 1.82 bits per heavy atom. The molecule has 0 aliphatic carbocycles. The summed E-state index contributed by atoms with van der Waals surface area (Å²) in [6.45, 7) is 8.10. The highest BCUT2D eigenvalue weighted by molar-refractivity contribution is 5.94. The number of carbonyl (C=O) groups excluding carboxylic acids is 1. The summed E-state index contributed by atoms with van der Waals surface area (Å²) in [7, 11) is 0. The van der Waals surface area contributed by atoms with Crippen molar-refractivity contribution in [3.05, 3.63) is 71.2 Å². The van der Waals surface area contributed by atoms with Gasteiger partial charge in [-0.1, -0.05) is 35.9 Å². The first-order chi connectivity index (χ1) is 13.6. The number of hydrogen-bond acceptors (Lipinski definition) is 4. The maximum Gasteiger partial charge on any atom is 0.253 e. The second-order valence-electron chi connectivity index (χ2n) is 7.53. The second-order valence-corrected chi connectivity index (χ2v) is 7.53. The molecule has 1 fully saturated rings. The van der Waals surface area contributed by atoms with E-state index in [4.69, 9.17) is 9.97 Å². The first kappa shape index (κ1) is 18.6. The molecule has 0 atom stereocenters. The lowest BCUT2D eigenvalue weighted by Crippen LogP contribution is -2.35. The van der Waals surface area contributed by atoms with Gasteiger partial charge in [-0.3, -0.25) is 9.69 Å². The maximum absolute atomic E-state index is 12.8.